The third kappa shape index (κ3) is 3.05. The van der Waals surface area contributed by atoms with Crippen LogP contribution < -0.4 is 0 Å². The second-order valence-corrected chi connectivity index (χ2v) is 7.79. The lowest BCUT2D eigenvalue weighted by Crippen LogP contribution is -2.34. The molecule has 28 heavy (non-hydrogen) atoms. The molecule has 7 heteroatoms. The predicted molar refractivity (Wildman–Crippen MR) is 105 cm³/mol. The van der Waals surface area contributed by atoms with E-state index >= 15 is 0 Å². The molecule has 0 bridgehead atoms. The van der Waals surface area contributed by atoms with Crippen molar-refractivity contribution in [1.82, 2.24) is 29.3 Å². The minimum atomic E-state index is -0.0211. The van der Waals surface area contributed by atoms with E-state index in [1.807, 2.05) is 39.9 Å². The lowest BCUT2D eigenvalue weighted by Gasteiger charge is -2.27. The summed E-state index contributed by atoms with van der Waals surface area (Å²) in [5.41, 5.74) is 4.25. The van der Waals surface area contributed by atoms with Crippen molar-refractivity contribution in [3.8, 4) is 0 Å². The molecule has 2 aliphatic heterocycles. The van der Waals surface area contributed by atoms with Gasteiger partial charge in [0.1, 0.15) is 6.54 Å². The minimum Gasteiger partial charge on any atom is -0.331 e. The molecule has 2 aromatic heterocycles. The zero-order chi connectivity index (χ0) is 19.1. The van der Waals surface area contributed by atoms with Crippen LogP contribution >= 0.6 is 0 Å². The number of fused-ring (bicyclic) bond motifs is 2. The summed E-state index contributed by atoms with van der Waals surface area (Å²) in [4.78, 5) is 31.2. The maximum Gasteiger partial charge on any atom is 0.243 e. The Hall–Kier alpha value is -2.80. The summed E-state index contributed by atoms with van der Waals surface area (Å²) in [6.45, 7) is 2.98. The molecule has 1 atom stereocenters. The van der Waals surface area contributed by atoms with Crippen LogP contribution in [-0.2, 0) is 24.3 Å². The third-order valence-corrected chi connectivity index (χ3v) is 5.85. The van der Waals surface area contributed by atoms with Crippen LogP contribution in [0.1, 0.15) is 36.0 Å². The zero-order valence-electron chi connectivity index (χ0n) is 16.1. The number of rotatable bonds is 3. The Morgan fingerprint density at radius 3 is 3.04 bits per heavy atom. The van der Waals surface area contributed by atoms with Crippen molar-refractivity contribution in [1.29, 1.82) is 0 Å². The molecule has 4 heterocycles. The Labute approximate surface area is 164 Å². The average molecular weight is 376 g/mol. The number of aromatic nitrogens is 4. The summed E-state index contributed by atoms with van der Waals surface area (Å²) in [6.07, 6.45) is 6.57. The van der Waals surface area contributed by atoms with Crippen molar-refractivity contribution in [2.75, 3.05) is 20.1 Å². The van der Waals surface area contributed by atoms with Crippen molar-refractivity contribution in [3.63, 3.8) is 0 Å². The van der Waals surface area contributed by atoms with Crippen LogP contribution in [0.5, 0.6) is 0 Å². The largest absolute Gasteiger partial charge is 0.331 e. The maximum atomic E-state index is 13.1. The van der Waals surface area contributed by atoms with E-state index in [-0.39, 0.29) is 11.9 Å². The maximum absolute atomic E-state index is 13.1. The van der Waals surface area contributed by atoms with Gasteiger partial charge in [0.25, 0.3) is 0 Å². The monoisotopic (exact) mass is 376 g/mol. The molecular formula is C21H24N6O. The molecule has 2 aliphatic rings. The highest BCUT2D eigenvalue weighted by atomic mass is 16.2. The van der Waals surface area contributed by atoms with Crippen molar-refractivity contribution >= 4 is 16.9 Å². The van der Waals surface area contributed by atoms with Gasteiger partial charge in [-0.05, 0) is 32.0 Å². The van der Waals surface area contributed by atoms with Crippen LogP contribution in [0.4, 0.5) is 0 Å². The van der Waals surface area contributed by atoms with Crippen LogP contribution in [0.25, 0.3) is 11.0 Å². The standard InChI is InChI=1S/C21H24N6O/c1-25-10-8-16-15(12-25)11-22-21(24-16)19-7-4-9-27(19)20(28)13-26-14-23-17-5-2-3-6-18(17)26/h2-3,5-6,11,14,19H,4,7-10,12-13H2,1H3/t19-/m0/s1. The molecule has 144 valence electrons. The lowest BCUT2D eigenvalue weighted by atomic mass is 10.1. The van der Waals surface area contributed by atoms with E-state index in [1.54, 1.807) is 6.33 Å². The Morgan fingerprint density at radius 2 is 2.11 bits per heavy atom. The first-order valence-corrected chi connectivity index (χ1v) is 9.91. The Bertz CT molecular complexity index is 1030. The van der Waals surface area contributed by atoms with Crippen molar-refractivity contribution in [2.24, 2.45) is 0 Å². The van der Waals surface area contributed by atoms with Gasteiger partial charge in [0, 0.05) is 43.5 Å². The third-order valence-electron chi connectivity index (χ3n) is 5.85. The number of hydrogen-bond acceptors (Lipinski definition) is 5. The Kier molecular flexibility index (Phi) is 4.31. The SMILES string of the molecule is CN1CCc2nc([C@@H]3CCCN3C(=O)Cn3cnc4ccccc43)ncc2C1. The first-order chi connectivity index (χ1) is 13.7. The number of hydrogen-bond donors (Lipinski definition) is 0. The molecule has 0 unspecified atom stereocenters. The van der Waals surface area contributed by atoms with Crippen LogP contribution in [0.3, 0.4) is 0 Å². The second kappa shape index (κ2) is 6.98. The van der Waals surface area contributed by atoms with Crippen molar-refractivity contribution in [3.05, 3.63) is 53.9 Å². The number of benzene rings is 1. The highest BCUT2D eigenvalue weighted by Crippen LogP contribution is 2.31. The highest BCUT2D eigenvalue weighted by molar-refractivity contribution is 5.81. The number of carbonyl (C=O) groups is 1. The summed E-state index contributed by atoms with van der Waals surface area (Å²) in [6, 6.07) is 7.88. The van der Waals surface area contributed by atoms with Gasteiger partial charge in [0.2, 0.25) is 5.91 Å². The van der Waals surface area contributed by atoms with Gasteiger partial charge in [-0.3, -0.25) is 4.79 Å². The van der Waals surface area contributed by atoms with Gasteiger partial charge >= 0.3 is 0 Å². The number of carbonyl (C=O) groups excluding carboxylic acids is 1. The quantitative estimate of drug-likeness (QED) is 0.701. The van der Waals surface area contributed by atoms with Gasteiger partial charge in [-0.1, -0.05) is 12.1 Å². The molecule has 0 N–H and O–H groups in total. The topological polar surface area (TPSA) is 67.2 Å². The Morgan fingerprint density at radius 1 is 1.21 bits per heavy atom. The summed E-state index contributed by atoms with van der Waals surface area (Å²) in [7, 11) is 2.12. The number of nitrogens with zero attached hydrogens (tertiary/aromatic N) is 6. The fourth-order valence-corrected chi connectivity index (χ4v) is 4.34. The summed E-state index contributed by atoms with van der Waals surface area (Å²) in [5.74, 6) is 0.899. The van der Waals surface area contributed by atoms with E-state index in [2.05, 4.69) is 21.9 Å². The lowest BCUT2D eigenvalue weighted by molar-refractivity contribution is -0.132. The molecule has 5 rings (SSSR count). The van der Waals surface area contributed by atoms with Crippen molar-refractivity contribution in [2.45, 2.75) is 38.4 Å². The molecule has 0 saturated carbocycles. The van der Waals surface area contributed by atoms with E-state index in [0.717, 1.165) is 61.4 Å². The molecule has 0 aliphatic carbocycles. The first-order valence-electron chi connectivity index (χ1n) is 9.91. The molecule has 3 aromatic rings. The highest BCUT2D eigenvalue weighted by Gasteiger charge is 2.32. The Balaban J connectivity index is 1.37. The molecular weight excluding hydrogens is 352 g/mol. The van der Waals surface area contributed by atoms with Gasteiger partial charge in [-0.25, -0.2) is 15.0 Å². The van der Waals surface area contributed by atoms with Gasteiger partial charge < -0.3 is 14.4 Å². The molecule has 1 amide bonds. The summed E-state index contributed by atoms with van der Waals surface area (Å²) < 4.78 is 1.93. The molecule has 7 nitrogen and oxygen atoms in total. The van der Waals surface area contributed by atoms with Crippen LogP contribution in [0.2, 0.25) is 0 Å². The van der Waals surface area contributed by atoms with E-state index in [4.69, 9.17) is 4.98 Å². The fourth-order valence-electron chi connectivity index (χ4n) is 4.34. The van der Waals surface area contributed by atoms with Crippen LogP contribution in [-0.4, -0.2) is 55.4 Å². The van der Waals surface area contributed by atoms with Gasteiger partial charge in [-0.2, -0.15) is 0 Å². The van der Waals surface area contributed by atoms with Crippen molar-refractivity contribution < 1.29 is 4.79 Å². The average Bonchev–Trinajstić information content (AvgIpc) is 3.35. The number of para-hydroxylation sites is 2. The molecule has 1 saturated heterocycles. The molecule has 0 spiro atoms. The minimum absolute atomic E-state index is 0.0211. The number of likely N-dealkylation sites (N-methyl/N-ethyl adjacent to an activating group) is 1. The van der Waals surface area contributed by atoms with Crippen LogP contribution in [0.15, 0.2) is 36.8 Å². The number of likely N-dealkylation sites (tertiary alicyclic amines) is 1. The molecule has 0 radical (unpaired) electrons. The summed E-state index contributed by atoms with van der Waals surface area (Å²) in [5, 5.41) is 0. The van der Waals surface area contributed by atoms with E-state index in [0.29, 0.717) is 6.54 Å². The first kappa shape index (κ1) is 17.3. The van der Waals surface area contributed by atoms with Gasteiger partial charge in [0.05, 0.1) is 23.4 Å². The zero-order valence-corrected chi connectivity index (χ0v) is 16.1. The smallest absolute Gasteiger partial charge is 0.243 e. The van der Waals surface area contributed by atoms with E-state index in [1.165, 1.54) is 5.56 Å². The summed E-state index contributed by atoms with van der Waals surface area (Å²) >= 11 is 0. The molecule has 1 fully saturated rings. The number of imidazole rings is 1. The fraction of sp³-hybridized carbons (Fsp3) is 0.429. The predicted octanol–water partition coefficient (Wildman–Crippen LogP) is 2.18. The normalized spacial score (nSPS) is 19.9. The number of amides is 1. The van der Waals surface area contributed by atoms with E-state index < -0.39 is 0 Å². The second-order valence-electron chi connectivity index (χ2n) is 7.79. The van der Waals surface area contributed by atoms with E-state index in [9.17, 15) is 4.79 Å². The molecule has 1 aromatic carbocycles. The van der Waals surface area contributed by atoms with Gasteiger partial charge in [-0.15, -0.1) is 0 Å². The van der Waals surface area contributed by atoms with Crippen LogP contribution in [0, 0.1) is 0 Å². The van der Waals surface area contributed by atoms with Gasteiger partial charge in [0.15, 0.2) is 5.82 Å².